The molecule has 0 bridgehead atoms. The molecular weight excluding hydrogens is 184 g/mol. The molecule has 0 saturated heterocycles. The Kier molecular flexibility index (Phi) is 5.11. The van der Waals surface area contributed by atoms with Gasteiger partial charge in [-0.3, -0.25) is 9.59 Å². The minimum absolute atomic E-state index is 0.163. The summed E-state index contributed by atoms with van der Waals surface area (Å²) in [7, 11) is 3.80. The van der Waals surface area contributed by atoms with Crippen molar-refractivity contribution >= 4 is 11.8 Å². The Morgan fingerprint density at radius 2 is 1.79 bits per heavy atom. The maximum absolute atomic E-state index is 10.7. The van der Waals surface area contributed by atoms with Crippen molar-refractivity contribution in [2.24, 2.45) is 11.5 Å². The van der Waals surface area contributed by atoms with Crippen LogP contribution in [0.15, 0.2) is 0 Å². The third kappa shape index (κ3) is 7.51. The molecule has 0 aliphatic rings. The number of carbonyl (C=O) groups is 2. The lowest BCUT2D eigenvalue weighted by molar-refractivity contribution is -0.881. The molecule has 82 valence electrons. The van der Waals surface area contributed by atoms with Gasteiger partial charge in [0.2, 0.25) is 5.91 Å². The molecule has 0 spiro atoms. The molecule has 0 heterocycles. The van der Waals surface area contributed by atoms with Gasteiger partial charge in [0.15, 0.2) is 6.54 Å². The van der Waals surface area contributed by atoms with Crippen LogP contribution in [0.4, 0.5) is 0 Å². The Morgan fingerprint density at radius 3 is 2.21 bits per heavy atom. The summed E-state index contributed by atoms with van der Waals surface area (Å²) in [5.41, 5.74) is 10.0. The molecule has 0 unspecified atom stereocenters. The third-order valence-corrected chi connectivity index (χ3v) is 1.78. The Hall–Kier alpha value is -1.14. The summed E-state index contributed by atoms with van der Waals surface area (Å²) in [6.45, 7) is 1.80. The Bertz CT molecular complexity index is 215. The molecule has 0 aliphatic heterocycles. The van der Waals surface area contributed by atoms with E-state index in [1.54, 1.807) is 0 Å². The lowest BCUT2D eigenvalue weighted by atomic mass is 10.4. The number of nitrogens with one attached hydrogen (secondary N) is 1. The van der Waals surface area contributed by atoms with Crippen molar-refractivity contribution in [2.45, 2.75) is 0 Å². The lowest BCUT2D eigenvalue weighted by Crippen LogP contribution is -2.49. The number of quaternary nitrogens is 1. The van der Waals surface area contributed by atoms with Gasteiger partial charge in [-0.1, -0.05) is 0 Å². The highest BCUT2D eigenvalue weighted by atomic mass is 16.1. The second kappa shape index (κ2) is 5.56. The average Bonchev–Trinajstić information content (AvgIpc) is 1.95. The van der Waals surface area contributed by atoms with E-state index in [9.17, 15) is 9.59 Å². The van der Waals surface area contributed by atoms with Crippen molar-refractivity contribution in [1.82, 2.24) is 5.32 Å². The minimum atomic E-state index is -0.384. The van der Waals surface area contributed by atoms with Gasteiger partial charge in [-0.25, -0.2) is 0 Å². The van der Waals surface area contributed by atoms with E-state index in [1.807, 2.05) is 14.1 Å². The van der Waals surface area contributed by atoms with Crippen LogP contribution >= 0.6 is 0 Å². The summed E-state index contributed by atoms with van der Waals surface area (Å²) in [5.74, 6) is -0.713. The first-order valence-corrected chi connectivity index (χ1v) is 4.43. The third-order valence-electron chi connectivity index (χ3n) is 1.78. The van der Waals surface area contributed by atoms with Crippen LogP contribution in [0.25, 0.3) is 0 Å². The first kappa shape index (κ1) is 12.9. The minimum Gasteiger partial charge on any atom is -0.369 e. The number of nitrogens with zero attached hydrogens (tertiary/aromatic N) is 1. The van der Waals surface area contributed by atoms with Crippen LogP contribution in [-0.2, 0) is 9.59 Å². The van der Waals surface area contributed by atoms with Crippen molar-refractivity contribution in [3.8, 4) is 0 Å². The molecule has 0 aromatic heterocycles. The average molecular weight is 203 g/mol. The van der Waals surface area contributed by atoms with Gasteiger partial charge in [0.1, 0.15) is 0 Å². The van der Waals surface area contributed by atoms with E-state index in [2.05, 4.69) is 5.32 Å². The fourth-order valence-electron chi connectivity index (χ4n) is 1.09. The largest absolute Gasteiger partial charge is 0.369 e. The van der Waals surface area contributed by atoms with E-state index in [4.69, 9.17) is 11.5 Å². The molecule has 0 aromatic carbocycles. The monoisotopic (exact) mass is 203 g/mol. The van der Waals surface area contributed by atoms with Crippen LogP contribution in [0.3, 0.4) is 0 Å². The van der Waals surface area contributed by atoms with Crippen LogP contribution < -0.4 is 16.8 Å². The highest BCUT2D eigenvalue weighted by molar-refractivity contribution is 5.75. The van der Waals surface area contributed by atoms with Gasteiger partial charge < -0.3 is 21.3 Å². The zero-order valence-electron chi connectivity index (χ0n) is 8.75. The van der Waals surface area contributed by atoms with Crippen LogP contribution in [0, 0.1) is 0 Å². The van der Waals surface area contributed by atoms with E-state index in [0.717, 1.165) is 6.54 Å². The summed E-state index contributed by atoms with van der Waals surface area (Å²) in [5, 5.41) is 2.87. The molecule has 0 aliphatic carbocycles. The molecule has 6 heteroatoms. The molecular formula is C8H19N4O2+. The van der Waals surface area contributed by atoms with Crippen molar-refractivity contribution in [3.63, 3.8) is 0 Å². The maximum Gasteiger partial charge on any atom is 0.272 e. The van der Waals surface area contributed by atoms with Gasteiger partial charge >= 0.3 is 0 Å². The van der Waals surface area contributed by atoms with Crippen molar-refractivity contribution in [3.05, 3.63) is 0 Å². The van der Waals surface area contributed by atoms with E-state index in [0.29, 0.717) is 11.0 Å². The van der Waals surface area contributed by atoms with Crippen LogP contribution in [0.1, 0.15) is 0 Å². The summed E-state index contributed by atoms with van der Waals surface area (Å²) < 4.78 is 0.501. The Labute approximate surface area is 83.8 Å². The summed E-state index contributed by atoms with van der Waals surface area (Å²) in [4.78, 5) is 21.1. The van der Waals surface area contributed by atoms with Crippen LogP contribution in [-0.4, -0.2) is 56.6 Å². The number of carbonyl (C=O) groups excluding carboxylic acids is 2. The van der Waals surface area contributed by atoms with Gasteiger partial charge in [0, 0.05) is 6.54 Å². The van der Waals surface area contributed by atoms with Gasteiger partial charge in [0.25, 0.3) is 5.91 Å². The maximum atomic E-state index is 10.7. The summed E-state index contributed by atoms with van der Waals surface area (Å²) >= 11 is 0. The second-order valence-corrected chi connectivity index (χ2v) is 3.93. The van der Waals surface area contributed by atoms with Crippen LogP contribution in [0.5, 0.6) is 0 Å². The Morgan fingerprint density at radius 1 is 1.21 bits per heavy atom. The number of hydrogen-bond acceptors (Lipinski definition) is 3. The summed E-state index contributed by atoms with van der Waals surface area (Å²) in [6.07, 6.45) is 0. The lowest BCUT2D eigenvalue weighted by Gasteiger charge is -2.28. The molecule has 0 fully saturated rings. The van der Waals surface area contributed by atoms with E-state index in [-0.39, 0.29) is 24.9 Å². The van der Waals surface area contributed by atoms with E-state index >= 15 is 0 Å². The topological polar surface area (TPSA) is 98.2 Å². The second-order valence-electron chi connectivity index (χ2n) is 3.93. The van der Waals surface area contributed by atoms with E-state index < -0.39 is 0 Å². The Balaban J connectivity index is 3.65. The molecule has 0 rings (SSSR count). The number of rotatable bonds is 7. The number of primary amides is 2. The molecule has 2 amide bonds. The molecule has 0 aromatic rings. The van der Waals surface area contributed by atoms with Gasteiger partial charge in [-0.2, -0.15) is 0 Å². The molecule has 0 atom stereocenters. The zero-order valence-corrected chi connectivity index (χ0v) is 8.75. The normalized spacial score (nSPS) is 11.3. The van der Waals surface area contributed by atoms with Crippen LogP contribution in [0.2, 0.25) is 0 Å². The fourth-order valence-corrected chi connectivity index (χ4v) is 1.09. The SMILES string of the molecule is C[N+](C)(CCNCC(N)=O)CC(N)=O. The van der Waals surface area contributed by atoms with E-state index in [1.165, 1.54) is 0 Å². The molecule has 0 radical (unpaired) electrons. The van der Waals surface area contributed by atoms with Gasteiger partial charge in [0.05, 0.1) is 27.2 Å². The first-order chi connectivity index (χ1) is 6.33. The zero-order chi connectivity index (χ0) is 11.2. The van der Waals surface area contributed by atoms with Crippen molar-refractivity contribution < 1.29 is 14.1 Å². The number of hydrogen-bond donors (Lipinski definition) is 3. The quantitative estimate of drug-likeness (QED) is 0.318. The predicted molar refractivity (Wildman–Crippen MR) is 53.1 cm³/mol. The summed E-state index contributed by atoms with van der Waals surface area (Å²) in [6, 6.07) is 0. The smallest absolute Gasteiger partial charge is 0.272 e. The highest BCUT2D eigenvalue weighted by Gasteiger charge is 2.17. The molecule has 0 saturated carbocycles. The van der Waals surface area contributed by atoms with Crippen molar-refractivity contribution in [2.75, 3.05) is 40.3 Å². The molecule has 6 nitrogen and oxygen atoms in total. The molecule has 5 N–H and O–H groups in total. The fraction of sp³-hybridized carbons (Fsp3) is 0.750. The van der Waals surface area contributed by atoms with Gasteiger partial charge in [-0.15, -0.1) is 0 Å². The highest BCUT2D eigenvalue weighted by Crippen LogP contribution is 1.93. The van der Waals surface area contributed by atoms with Gasteiger partial charge in [-0.05, 0) is 0 Å². The predicted octanol–water partition coefficient (Wildman–Crippen LogP) is -2.38. The number of amides is 2. The standard InChI is InChI=1S/C8H18N4O2/c1-12(2,6-8(10)14)4-3-11-5-7(9)13/h11H,3-6H2,1-2H3,(H3-,9,10,13,14)/p+1. The number of likely N-dealkylation sites (N-methyl/N-ethyl adjacent to an activating group) is 1. The first-order valence-electron chi connectivity index (χ1n) is 4.43. The number of nitrogens with two attached hydrogens (primary N) is 2. The molecule has 14 heavy (non-hydrogen) atoms. The van der Waals surface area contributed by atoms with Crippen molar-refractivity contribution in [1.29, 1.82) is 0 Å².